The maximum atomic E-state index is 4.82. The summed E-state index contributed by atoms with van der Waals surface area (Å²) in [6, 6.07) is 0.477. The number of fused-ring (bicyclic) bond motifs is 1. The molecule has 0 N–H and O–H groups in total. The van der Waals surface area contributed by atoms with E-state index in [2.05, 4.69) is 23.4 Å². The van der Waals surface area contributed by atoms with Crippen molar-refractivity contribution in [3.8, 4) is 0 Å². The van der Waals surface area contributed by atoms with Gasteiger partial charge in [0, 0.05) is 12.5 Å². The molecule has 1 aromatic rings. The van der Waals surface area contributed by atoms with Gasteiger partial charge in [-0.15, -0.1) is 0 Å². The Labute approximate surface area is 103 Å². The van der Waals surface area contributed by atoms with Crippen LogP contribution in [-0.2, 0) is 6.54 Å². The summed E-state index contributed by atoms with van der Waals surface area (Å²) in [6.45, 7) is 7.89. The molecule has 2 atom stereocenters. The summed E-state index contributed by atoms with van der Waals surface area (Å²) in [5.74, 6) is 2.88. The fourth-order valence-corrected chi connectivity index (χ4v) is 3.22. The van der Waals surface area contributed by atoms with Gasteiger partial charge in [0.15, 0.2) is 5.82 Å². The van der Waals surface area contributed by atoms with Crippen LogP contribution in [0.3, 0.4) is 0 Å². The van der Waals surface area contributed by atoms with Crippen LogP contribution >= 0.6 is 0 Å². The van der Waals surface area contributed by atoms with E-state index >= 15 is 0 Å². The third-order valence-corrected chi connectivity index (χ3v) is 4.23. The molecule has 0 spiro atoms. The highest BCUT2D eigenvalue weighted by Gasteiger charge is 2.30. The van der Waals surface area contributed by atoms with Gasteiger partial charge in [0.05, 0.1) is 6.04 Å². The Morgan fingerprint density at radius 2 is 2.06 bits per heavy atom. The first kappa shape index (κ1) is 11.2. The van der Waals surface area contributed by atoms with E-state index in [1.165, 1.54) is 38.1 Å². The Hall–Kier alpha value is -0.900. The van der Waals surface area contributed by atoms with Crippen molar-refractivity contribution in [3.05, 3.63) is 11.6 Å². The summed E-state index contributed by atoms with van der Waals surface area (Å²) < 4.78 is 2.15. The topological polar surface area (TPSA) is 34.0 Å². The van der Waals surface area contributed by atoms with Crippen LogP contribution in [0.2, 0.25) is 0 Å². The van der Waals surface area contributed by atoms with Gasteiger partial charge >= 0.3 is 0 Å². The zero-order chi connectivity index (χ0) is 11.8. The molecule has 0 aromatic carbocycles. The van der Waals surface area contributed by atoms with Gasteiger partial charge in [-0.05, 0) is 38.8 Å². The molecule has 0 aliphatic carbocycles. The molecule has 4 nitrogen and oxygen atoms in total. The van der Waals surface area contributed by atoms with Crippen molar-refractivity contribution in [2.75, 3.05) is 13.1 Å². The van der Waals surface area contributed by atoms with E-state index in [4.69, 9.17) is 10.1 Å². The monoisotopic (exact) mass is 234 g/mol. The smallest absolute Gasteiger partial charge is 0.168 e. The molecule has 0 saturated carbocycles. The molecule has 3 heterocycles. The predicted octanol–water partition coefficient (Wildman–Crippen LogP) is 2.33. The van der Waals surface area contributed by atoms with Crippen LogP contribution in [0, 0.1) is 0 Å². The van der Waals surface area contributed by atoms with E-state index < -0.39 is 0 Å². The second-order valence-electron chi connectivity index (χ2n) is 5.38. The highest BCUT2D eigenvalue weighted by atomic mass is 15.4. The van der Waals surface area contributed by atoms with Gasteiger partial charge in [0.1, 0.15) is 5.82 Å². The lowest BCUT2D eigenvalue weighted by molar-refractivity contribution is 0.261. The standard InChI is InChI=1S/C13H22N4/c1-3-16-8-5-7-11(16)12-14-13-10(2)6-4-9-17(13)15-12/h10-11H,3-9H2,1-2H3. The van der Waals surface area contributed by atoms with Gasteiger partial charge in [-0.3, -0.25) is 4.90 Å². The first-order valence-corrected chi connectivity index (χ1v) is 6.98. The largest absolute Gasteiger partial charge is 0.294 e. The maximum Gasteiger partial charge on any atom is 0.168 e. The highest BCUT2D eigenvalue weighted by Crippen LogP contribution is 2.32. The average Bonchev–Trinajstić information content (AvgIpc) is 2.94. The zero-order valence-electron chi connectivity index (χ0n) is 10.9. The molecule has 0 amide bonds. The lowest BCUT2D eigenvalue weighted by Gasteiger charge is -2.19. The Morgan fingerprint density at radius 1 is 1.24 bits per heavy atom. The zero-order valence-corrected chi connectivity index (χ0v) is 10.9. The van der Waals surface area contributed by atoms with E-state index in [-0.39, 0.29) is 0 Å². The van der Waals surface area contributed by atoms with E-state index in [0.29, 0.717) is 12.0 Å². The Bertz CT molecular complexity index is 398. The lowest BCUT2D eigenvalue weighted by atomic mass is 10.0. The van der Waals surface area contributed by atoms with E-state index in [9.17, 15) is 0 Å². The number of hydrogen-bond donors (Lipinski definition) is 0. The van der Waals surface area contributed by atoms with Crippen molar-refractivity contribution in [1.82, 2.24) is 19.7 Å². The third-order valence-electron chi connectivity index (χ3n) is 4.23. The lowest BCUT2D eigenvalue weighted by Crippen LogP contribution is -2.23. The molecule has 1 aromatic heterocycles. The molecular formula is C13H22N4. The van der Waals surface area contributed by atoms with Crippen LogP contribution in [0.1, 0.15) is 63.1 Å². The SMILES string of the molecule is CCN1CCCC1c1nc2n(n1)CCCC2C. The van der Waals surface area contributed by atoms with Gasteiger partial charge in [-0.25, -0.2) is 9.67 Å². The molecule has 0 bridgehead atoms. The Kier molecular flexibility index (Phi) is 2.90. The predicted molar refractivity (Wildman–Crippen MR) is 66.9 cm³/mol. The number of aryl methyl sites for hydroxylation is 1. The van der Waals surface area contributed by atoms with Gasteiger partial charge in [0.2, 0.25) is 0 Å². The summed E-state index contributed by atoms with van der Waals surface area (Å²) in [5.41, 5.74) is 0. The van der Waals surface area contributed by atoms with E-state index in [1.807, 2.05) is 0 Å². The molecule has 0 radical (unpaired) electrons. The molecule has 3 rings (SSSR count). The first-order chi connectivity index (χ1) is 8.29. The van der Waals surface area contributed by atoms with Crippen LogP contribution in [0.4, 0.5) is 0 Å². The minimum atomic E-state index is 0.477. The molecule has 4 heteroatoms. The molecular weight excluding hydrogens is 212 g/mol. The minimum Gasteiger partial charge on any atom is -0.294 e. The van der Waals surface area contributed by atoms with Crippen molar-refractivity contribution in [2.45, 2.75) is 58.0 Å². The molecule has 2 aliphatic rings. The Balaban J connectivity index is 1.89. The van der Waals surface area contributed by atoms with Gasteiger partial charge in [0.25, 0.3) is 0 Å². The molecule has 1 fully saturated rings. The summed E-state index contributed by atoms with van der Waals surface area (Å²) in [4.78, 5) is 7.33. The minimum absolute atomic E-state index is 0.477. The number of nitrogens with zero attached hydrogens (tertiary/aromatic N) is 4. The maximum absolute atomic E-state index is 4.82. The van der Waals surface area contributed by atoms with Crippen molar-refractivity contribution in [3.63, 3.8) is 0 Å². The number of rotatable bonds is 2. The van der Waals surface area contributed by atoms with Crippen molar-refractivity contribution in [2.24, 2.45) is 0 Å². The van der Waals surface area contributed by atoms with Crippen LogP contribution in [-0.4, -0.2) is 32.8 Å². The number of likely N-dealkylation sites (tertiary alicyclic amines) is 1. The van der Waals surface area contributed by atoms with Crippen molar-refractivity contribution in [1.29, 1.82) is 0 Å². The Morgan fingerprint density at radius 3 is 2.82 bits per heavy atom. The quantitative estimate of drug-likeness (QED) is 0.787. The first-order valence-electron chi connectivity index (χ1n) is 6.98. The molecule has 1 saturated heterocycles. The van der Waals surface area contributed by atoms with Crippen LogP contribution in [0.5, 0.6) is 0 Å². The van der Waals surface area contributed by atoms with Crippen molar-refractivity contribution < 1.29 is 0 Å². The molecule has 94 valence electrons. The third kappa shape index (κ3) is 1.88. The van der Waals surface area contributed by atoms with Crippen LogP contribution in [0.25, 0.3) is 0 Å². The van der Waals surface area contributed by atoms with Crippen LogP contribution in [0.15, 0.2) is 0 Å². The second-order valence-corrected chi connectivity index (χ2v) is 5.38. The summed E-state index contributed by atoms with van der Waals surface area (Å²) in [7, 11) is 0. The van der Waals surface area contributed by atoms with E-state index in [1.54, 1.807) is 0 Å². The van der Waals surface area contributed by atoms with Crippen LogP contribution < -0.4 is 0 Å². The summed E-state index contributed by atoms with van der Waals surface area (Å²) in [6.07, 6.45) is 5.03. The molecule has 2 unspecified atom stereocenters. The van der Waals surface area contributed by atoms with Gasteiger partial charge in [-0.1, -0.05) is 13.8 Å². The molecule has 2 aliphatic heterocycles. The fraction of sp³-hybridized carbons (Fsp3) is 0.846. The van der Waals surface area contributed by atoms with Crippen molar-refractivity contribution >= 4 is 0 Å². The highest BCUT2D eigenvalue weighted by molar-refractivity contribution is 5.06. The second kappa shape index (κ2) is 4.41. The van der Waals surface area contributed by atoms with E-state index in [0.717, 1.165) is 18.9 Å². The fourth-order valence-electron chi connectivity index (χ4n) is 3.22. The summed E-state index contributed by atoms with van der Waals surface area (Å²) >= 11 is 0. The normalized spacial score (nSPS) is 29.5. The number of aromatic nitrogens is 3. The van der Waals surface area contributed by atoms with Gasteiger partial charge < -0.3 is 0 Å². The average molecular weight is 234 g/mol. The number of hydrogen-bond acceptors (Lipinski definition) is 3. The summed E-state index contributed by atoms with van der Waals surface area (Å²) in [5, 5.41) is 4.75. The van der Waals surface area contributed by atoms with Gasteiger partial charge in [-0.2, -0.15) is 5.10 Å². The molecule has 17 heavy (non-hydrogen) atoms.